The van der Waals surface area contributed by atoms with Crippen LogP contribution in [0.5, 0.6) is 0 Å². The Morgan fingerprint density at radius 1 is 1.09 bits per heavy atom. The van der Waals surface area contributed by atoms with Crippen LogP contribution in [0.4, 0.5) is 0 Å². The van der Waals surface area contributed by atoms with Crippen molar-refractivity contribution in [2.24, 2.45) is 5.92 Å². The Hall–Kier alpha value is -1.92. The van der Waals surface area contributed by atoms with Crippen molar-refractivity contribution >= 4 is 26.8 Å². The lowest BCUT2D eigenvalue weighted by molar-refractivity contribution is -0.142. The van der Waals surface area contributed by atoms with E-state index in [0.29, 0.717) is 19.4 Å². The maximum absolute atomic E-state index is 12.9. The molecule has 5 nitrogen and oxygen atoms in total. The molecule has 23 heavy (non-hydrogen) atoms. The molecule has 0 aromatic heterocycles. The van der Waals surface area contributed by atoms with Gasteiger partial charge in [0.2, 0.25) is 10.0 Å². The van der Waals surface area contributed by atoms with E-state index < -0.39 is 21.9 Å². The van der Waals surface area contributed by atoms with E-state index in [9.17, 15) is 18.3 Å². The third-order valence-electron chi connectivity index (χ3n) is 4.34. The summed E-state index contributed by atoms with van der Waals surface area (Å²) in [6.07, 6.45) is 1.95. The molecule has 1 unspecified atom stereocenters. The number of carbonyl (C=O) groups is 1. The number of fused-ring (bicyclic) bond motifs is 1. The lowest BCUT2D eigenvalue weighted by Crippen LogP contribution is -2.36. The second-order valence-corrected chi connectivity index (χ2v) is 7.84. The van der Waals surface area contributed by atoms with Crippen LogP contribution in [0, 0.1) is 5.92 Å². The van der Waals surface area contributed by atoms with Gasteiger partial charge in [-0.25, -0.2) is 8.42 Å². The standard InChI is InChI=1S/C17H19NO4S/c19-17(20)15-7-3-4-10-18(12-15)23(21,22)16-9-8-13-5-1-2-6-14(13)11-16/h1-2,5-6,8-9,11,15H,3-4,7,10,12H2,(H,19,20). The van der Waals surface area contributed by atoms with Crippen molar-refractivity contribution in [1.29, 1.82) is 0 Å². The summed E-state index contributed by atoms with van der Waals surface area (Å²) in [5, 5.41) is 11.1. The van der Waals surface area contributed by atoms with Gasteiger partial charge in [-0.15, -0.1) is 0 Å². The zero-order valence-electron chi connectivity index (χ0n) is 12.7. The summed E-state index contributed by atoms with van der Waals surface area (Å²) in [6, 6.07) is 12.6. The molecule has 0 spiro atoms. The molecule has 1 heterocycles. The minimum atomic E-state index is -3.67. The average molecular weight is 333 g/mol. The predicted molar refractivity (Wildman–Crippen MR) is 87.7 cm³/mol. The number of sulfonamides is 1. The molecular weight excluding hydrogens is 314 g/mol. The van der Waals surface area contributed by atoms with E-state index in [0.717, 1.165) is 17.2 Å². The molecule has 3 rings (SSSR count). The van der Waals surface area contributed by atoms with Gasteiger partial charge in [-0.1, -0.05) is 36.8 Å². The highest BCUT2D eigenvalue weighted by Gasteiger charge is 2.31. The van der Waals surface area contributed by atoms with Gasteiger partial charge >= 0.3 is 5.97 Å². The minimum absolute atomic E-state index is 0.0461. The lowest BCUT2D eigenvalue weighted by Gasteiger charge is -2.22. The second kappa shape index (κ2) is 6.29. The predicted octanol–water partition coefficient (Wildman–Crippen LogP) is 2.72. The number of hydrogen-bond donors (Lipinski definition) is 1. The van der Waals surface area contributed by atoms with Gasteiger partial charge in [0, 0.05) is 13.1 Å². The van der Waals surface area contributed by atoms with Gasteiger partial charge in [0.15, 0.2) is 0 Å². The molecule has 0 radical (unpaired) electrons. The fourth-order valence-electron chi connectivity index (χ4n) is 3.00. The van der Waals surface area contributed by atoms with Crippen LogP contribution >= 0.6 is 0 Å². The summed E-state index contributed by atoms with van der Waals surface area (Å²) < 4.78 is 27.1. The Kier molecular flexibility index (Phi) is 4.37. The van der Waals surface area contributed by atoms with Crippen molar-refractivity contribution < 1.29 is 18.3 Å². The maximum Gasteiger partial charge on any atom is 0.307 e. The van der Waals surface area contributed by atoms with Gasteiger partial charge in [0.05, 0.1) is 10.8 Å². The van der Waals surface area contributed by atoms with E-state index >= 15 is 0 Å². The largest absolute Gasteiger partial charge is 0.481 e. The second-order valence-electron chi connectivity index (χ2n) is 5.90. The van der Waals surface area contributed by atoms with Gasteiger partial charge in [-0.2, -0.15) is 4.31 Å². The molecule has 1 saturated heterocycles. The SMILES string of the molecule is O=C(O)C1CCCCN(S(=O)(=O)c2ccc3ccccc3c2)C1. The van der Waals surface area contributed by atoms with Crippen LogP contribution in [0.1, 0.15) is 19.3 Å². The monoisotopic (exact) mass is 333 g/mol. The first-order valence-electron chi connectivity index (χ1n) is 7.70. The van der Waals surface area contributed by atoms with Crippen LogP contribution < -0.4 is 0 Å². The molecule has 0 amide bonds. The molecule has 1 atom stereocenters. The molecule has 2 aromatic carbocycles. The average Bonchev–Trinajstić information content (AvgIpc) is 2.81. The Bertz CT molecular complexity index is 831. The third kappa shape index (κ3) is 3.23. The summed E-state index contributed by atoms with van der Waals surface area (Å²) in [5.74, 6) is -1.56. The van der Waals surface area contributed by atoms with Crippen molar-refractivity contribution in [3.63, 3.8) is 0 Å². The first-order valence-corrected chi connectivity index (χ1v) is 9.14. The molecule has 1 aliphatic rings. The van der Waals surface area contributed by atoms with E-state index in [1.165, 1.54) is 4.31 Å². The smallest absolute Gasteiger partial charge is 0.307 e. The Labute approximate surface area is 135 Å². The molecule has 122 valence electrons. The first kappa shape index (κ1) is 16.0. The highest BCUT2D eigenvalue weighted by Crippen LogP contribution is 2.25. The van der Waals surface area contributed by atoms with Crippen LogP contribution in [-0.2, 0) is 14.8 Å². The molecule has 1 aliphatic heterocycles. The number of benzene rings is 2. The quantitative estimate of drug-likeness (QED) is 0.937. The van der Waals surface area contributed by atoms with Crippen LogP contribution in [0.2, 0.25) is 0 Å². The molecule has 0 saturated carbocycles. The van der Waals surface area contributed by atoms with E-state index in [4.69, 9.17) is 0 Å². The minimum Gasteiger partial charge on any atom is -0.481 e. The molecule has 0 bridgehead atoms. The van der Waals surface area contributed by atoms with Crippen LogP contribution in [0.15, 0.2) is 47.4 Å². The maximum atomic E-state index is 12.9. The number of aliphatic carboxylic acids is 1. The van der Waals surface area contributed by atoms with E-state index in [2.05, 4.69) is 0 Å². The highest BCUT2D eigenvalue weighted by molar-refractivity contribution is 7.89. The normalized spacial score (nSPS) is 20.3. The highest BCUT2D eigenvalue weighted by atomic mass is 32.2. The van der Waals surface area contributed by atoms with E-state index in [1.54, 1.807) is 18.2 Å². The molecule has 6 heteroatoms. The van der Waals surface area contributed by atoms with Gasteiger partial charge in [0.25, 0.3) is 0 Å². The summed E-state index contributed by atoms with van der Waals surface area (Å²) in [6.45, 7) is 0.420. The number of carboxylic acids is 1. The lowest BCUT2D eigenvalue weighted by atomic mass is 10.0. The van der Waals surface area contributed by atoms with E-state index in [1.807, 2.05) is 24.3 Å². The van der Waals surface area contributed by atoms with Gasteiger partial charge in [-0.05, 0) is 35.7 Å². The number of rotatable bonds is 3. The Morgan fingerprint density at radius 2 is 1.83 bits per heavy atom. The summed E-state index contributed by atoms with van der Waals surface area (Å²) in [7, 11) is -3.67. The zero-order chi connectivity index (χ0) is 16.4. The van der Waals surface area contributed by atoms with Gasteiger partial charge in [-0.3, -0.25) is 4.79 Å². The van der Waals surface area contributed by atoms with Crippen molar-refractivity contribution in [2.45, 2.75) is 24.2 Å². The third-order valence-corrected chi connectivity index (χ3v) is 6.20. The van der Waals surface area contributed by atoms with Crippen LogP contribution in [0.3, 0.4) is 0 Å². The summed E-state index contributed by atoms with van der Waals surface area (Å²) in [5.41, 5.74) is 0. The Morgan fingerprint density at radius 3 is 2.57 bits per heavy atom. The van der Waals surface area contributed by atoms with Gasteiger partial charge in [0.1, 0.15) is 0 Å². The fraction of sp³-hybridized carbons (Fsp3) is 0.353. The number of carboxylic acid groups (broad SMARTS) is 1. The van der Waals surface area contributed by atoms with Crippen molar-refractivity contribution in [3.8, 4) is 0 Å². The van der Waals surface area contributed by atoms with Crippen molar-refractivity contribution in [3.05, 3.63) is 42.5 Å². The van der Waals surface area contributed by atoms with Crippen LogP contribution in [0.25, 0.3) is 10.8 Å². The number of hydrogen-bond acceptors (Lipinski definition) is 3. The van der Waals surface area contributed by atoms with Gasteiger partial charge < -0.3 is 5.11 Å². The molecule has 0 aliphatic carbocycles. The molecule has 1 fully saturated rings. The molecule has 2 aromatic rings. The Balaban J connectivity index is 1.96. The number of nitrogens with zero attached hydrogens (tertiary/aromatic N) is 1. The molecular formula is C17H19NO4S. The van der Waals surface area contributed by atoms with Crippen molar-refractivity contribution in [1.82, 2.24) is 4.31 Å². The molecule has 1 N–H and O–H groups in total. The fourth-order valence-corrected chi connectivity index (χ4v) is 4.56. The van der Waals surface area contributed by atoms with E-state index in [-0.39, 0.29) is 11.4 Å². The summed E-state index contributed by atoms with van der Waals surface area (Å²) >= 11 is 0. The zero-order valence-corrected chi connectivity index (χ0v) is 13.5. The van der Waals surface area contributed by atoms with Crippen LogP contribution in [-0.4, -0.2) is 36.9 Å². The topological polar surface area (TPSA) is 74.7 Å². The first-order chi connectivity index (χ1) is 11.0. The summed E-state index contributed by atoms with van der Waals surface area (Å²) in [4.78, 5) is 11.5. The van der Waals surface area contributed by atoms with Crippen molar-refractivity contribution in [2.75, 3.05) is 13.1 Å².